The van der Waals surface area contributed by atoms with Gasteiger partial charge in [0.2, 0.25) is 0 Å². The molecule has 0 saturated heterocycles. The van der Waals surface area contributed by atoms with Crippen molar-refractivity contribution in [3.05, 3.63) is 23.8 Å². The van der Waals surface area contributed by atoms with E-state index < -0.39 is 12.0 Å². The van der Waals surface area contributed by atoms with Gasteiger partial charge in [0.05, 0.1) is 0 Å². The Morgan fingerprint density at radius 1 is 1.08 bits per heavy atom. The summed E-state index contributed by atoms with van der Waals surface area (Å²) in [5.74, 6) is 0.444. The number of benzene rings is 1. The fraction of sp³-hybridized carbons (Fsp3) is 0.684. The normalized spacial score (nSPS) is 18.7. The first kappa shape index (κ1) is 18.9. The predicted octanol–water partition coefficient (Wildman–Crippen LogP) is 6.45. The molecule has 1 aliphatic rings. The molecule has 1 aromatic carbocycles. The second kappa shape index (κ2) is 7.24. The summed E-state index contributed by atoms with van der Waals surface area (Å²) < 4.78 is 48.6. The maximum atomic E-state index is 12.7. The molecule has 0 spiro atoms. The minimum absolute atomic E-state index is 0.209. The summed E-state index contributed by atoms with van der Waals surface area (Å²) in [4.78, 5) is 0. The Balaban J connectivity index is 2.39. The maximum Gasteiger partial charge on any atom is 0.573 e. The standard InChI is InChI=1S/C19H27F3O2/c1-5-14(4)15-8-9-16(24-19(20,21)22)17(12-15)23-18(13(2)3)10-6-7-11-18/h8-9,12-14H,5-7,10-11H2,1-4H3. The second-order valence-corrected chi connectivity index (χ2v) is 7.09. The number of rotatable bonds is 6. The number of hydrogen-bond acceptors (Lipinski definition) is 2. The van der Waals surface area contributed by atoms with Gasteiger partial charge in [0, 0.05) is 0 Å². The predicted molar refractivity (Wildman–Crippen MR) is 88.5 cm³/mol. The Bertz CT molecular complexity index is 546. The Hall–Kier alpha value is -1.39. The van der Waals surface area contributed by atoms with E-state index in [9.17, 15) is 13.2 Å². The van der Waals surface area contributed by atoms with Crippen molar-refractivity contribution in [2.75, 3.05) is 0 Å². The second-order valence-electron chi connectivity index (χ2n) is 7.09. The summed E-state index contributed by atoms with van der Waals surface area (Å²) in [5.41, 5.74) is 0.566. The lowest BCUT2D eigenvalue weighted by Crippen LogP contribution is -2.38. The van der Waals surface area contributed by atoms with E-state index in [0.717, 1.165) is 37.7 Å². The van der Waals surface area contributed by atoms with Crippen LogP contribution in [0.3, 0.4) is 0 Å². The third-order valence-electron chi connectivity index (χ3n) is 5.19. The van der Waals surface area contributed by atoms with Gasteiger partial charge in [-0.15, -0.1) is 13.2 Å². The van der Waals surface area contributed by atoms with E-state index >= 15 is 0 Å². The molecule has 0 aliphatic heterocycles. The molecule has 0 bridgehead atoms. The largest absolute Gasteiger partial charge is 0.573 e. The molecule has 0 aromatic heterocycles. The van der Waals surface area contributed by atoms with Crippen LogP contribution in [0, 0.1) is 5.92 Å². The number of halogens is 3. The highest BCUT2D eigenvalue weighted by atomic mass is 19.4. The third kappa shape index (κ3) is 4.37. The summed E-state index contributed by atoms with van der Waals surface area (Å²) in [5, 5.41) is 0. The zero-order valence-electron chi connectivity index (χ0n) is 14.9. The van der Waals surface area contributed by atoms with E-state index in [4.69, 9.17) is 4.74 Å². The first-order valence-electron chi connectivity index (χ1n) is 8.75. The highest BCUT2D eigenvalue weighted by molar-refractivity contribution is 5.44. The molecule has 5 heteroatoms. The van der Waals surface area contributed by atoms with Gasteiger partial charge in [0.25, 0.3) is 0 Å². The van der Waals surface area contributed by atoms with Gasteiger partial charge in [-0.25, -0.2) is 0 Å². The smallest absolute Gasteiger partial charge is 0.483 e. The van der Waals surface area contributed by atoms with E-state index in [-0.39, 0.29) is 23.3 Å². The molecule has 1 fully saturated rings. The van der Waals surface area contributed by atoms with Crippen LogP contribution in [-0.2, 0) is 0 Å². The average molecular weight is 344 g/mol. The Morgan fingerprint density at radius 3 is 2.21 bits per heavy atom. The van der Waals surface area contributed by atoms with Crippen LogP contribution in [0.4, 0.5) is 13.2 Å². The summed E-state index contributed by atoms with van der Waals surface area (Å²) in [6.45, 7) is 8.23. The van der Waals surface area contributed by atoms with Crippen molar-refractivity contribution in [2.45, 2.75) is 77.7 Å². The van der Waals surface area contributed by atoms with Crippen molar-refractivity contribution < 1.29 is 22.6 Å². The first-order chi connectivity index (χ1) is 11.2. The molecule has 1 aliphatic carbocycles. The van der Waals surface area contributed by atoms with Gasteiger partial charge >= 0.3 is 6.36 Å². The molecule has 0 amide bonds. The molecular formula is C19H27F3O2. The van der Waals surface area contributed by atoms with Gasteiger partial charge in [0.15, 0.2) is 11.5 Å². The van der Waals surface area contributed by atoms with Crippen LogP contribution >= 0.6 is 0 Å². The Kier molecular flexibility index (Phi) is 5.71. The zero-order chi connectivity index (χ0) is 18.0. The summed E-state index contributed by atoms with van der Waals surface area (Å²) in [6, 6.07) is 4.80. The fourth-order valence-corrected chi connectivity index (χ4v) is 3.35. The Labute approximate surface area is 142 Å². The lowest BCUT2D eigenvalue weighted by Gasteiger charge is -2.35. The van der Waals surface area contributed by atoms with Crippen LogP contribution < -0.4 is 9.47 Å². The fourth-order valence-electron chi connectivity index (χ4n) is 3.35. The van der Waals surface area contributed by atoms with Crippen molar-refractivity contribution >= 4 is 0 Å². The molecule has 2 rings (SSSR count). The van der Waals surface area contributed by atoms with E-state index in [2.05, 4.69) is 32.4 Å². The van der Waals surface area contributed by atoms with E-state index in [1.165, 1.54) is 6.07 Å². The van der Waals surface area contributed by atoms with Crippen molar-refractivity contribution in [2.24, 2.45) is 5.92 Å². The lowest BCUT2D eigenvalue weighted by atomic mass is 9.88. The minimum Gasteiger partial charge on any atom is -0.483 e. The summed E-state index contributed by atoms with van der Waals surface area (Å²) >= 11 is 0. The lowest BCUT2D eigenvalue weighted by molar-refractivity contribution is -0.275. The number of hydrogen-bond donors (Lipinski definition) is 0. The molecule has 0 heterocycles. The van der Waals surface area contributed by atoms with Gasteiger partial charge in [-0.05, 0) is 61.6 Å². The highest BCUT2D eigenvalue weighted by Gasteiger charge is 2.41. The van der Waals surface area contributed by atoms with E-state index in [1.807, 2.05) is 0 Å². The SMILES string of the molecule is CCC(C)c1ccc(OC(F)(F)F)c(OC2(C(C)C)CCCC2)c1. The van der Waals surface area contributed by atoms with Crippen molar-refractivity contribution in [3.8, 4) is 11.5 Å². The van der Waals surface area contributed by atoms with Crippen molar-refractivity contribution in [1.82, 2.24) is 0 Å². The quantitative estimate of drug-likeness (QED) is 0.590. The number of alkyl halides is 3. The van der Waals surface area contributed by atoms with Gasteiger partial charge in [0.1, 0.15) is 5.60 Å². The first-order valence-corrected chi connectivity index (χ1v) is 8.75. The molecule has 24 heavy (non-hydrogen) atoms. The van der Waals surface area contributed by atoms with Crippen molar-refractivity contribution in [3.63, 3.8) is 0 Å². The van der Waals surface area contributed by atoms with E-state index in [0.29, 0.717) is 0 Å². The van der Waals surface area contributed by atoms with E-state index in [1.54, 1.807) is 12.1 Å². The minimum atomic E-state index is -4.73. The van der Waals surface area contributed by atoms with Crippen molar-refractivity contribution in [1.29, 1.82) is 0 Å². The third-order valence-corrected chi connectivity index (χ3v) is 5.19. The van der Waals surface area contributed by atoms with Gasteiger partial charge in [-0.1, -0.05) is 33.8 Å². The molecule has 0 radical (unpaired) electrons. The monoisotopic (exact) mass is 344 g/mol. The van der Waals surface area contributed by atoms with Gasteiger partial charge < -0.3 is 9.47 Å². The van der Waals surface area contributed by atoms with Crippen LogP contribution in [0.25, 0.3) is 0 Å². The average Bonchev–Trinajstić information content (AvgIpc) is 2.97. The topological polar surface area (TPSA) is 18.5 Å². The molecule has 1 unspecified atom stereocenters. The Morgan fingerprint density at radius 2 is 1.71 bits per heavy atom. The van der Waals surface area contributed by atoms with Crippen LogP contribution in [0.15, 0.2) is 18.2 Å². The molecule has 136 valence electrons. The van der Waals surface area contributed by atoms with Gasteiger partial charge in [-0.2, -0.15) is 0 Å². The molecule has 0 N–H and O–H groups in total. The van der Waals surface area contributed by atoms with Crippen LogP contribution in [0.1, 0.15) is 71.3 Å². The summed E-state index contributed by atoms with van der Waals surface area (Å²) in [6.07, 6.45) is -0.00430. The summed E-state index contributed by atoms with van der Waals surface area (Å²) in [7, 11) is 0. The number of ether oxygens (including phenoxy) is 2. The van der Waals surface area contributed by atoms with Crippen LogP contribution in [-0.4, -0.2) is 12.0 Å². The molecule has 1 aromatic rings. The van der Waals surface area contributed by atoms with Crippen LogP contribution in [0.2, 0.25) is 0 Å². The maximum absolute atomic E-state index is 12.7. The molecular weight excluding hydrogens is 317 g/mol. The zero-order valence-corrected chi connectivity index (χ0v) is 14.9. The molecule has 2 nitrogen and oxygen atoms in total. The van der Waals surface area contributed by atoms with Crippen LogP contribution in [0.5, 0.6) is 11.5 Å². The molecule has 1 saturated carbocycles. The highest BCUT2D eigenvalue weighted by Crippen LogP contribution is 2.44. The molecule has 1 atom stereocenters. The van der Waals surface area contributed by atoms with Gasteiger partial charge in [-0.3, -0.25) is 0 Å².